The van der Waals surface area contributed by atoms with E-state index in [4.69, 9.17) is 10.5 Å². The van der Waals surface area contributed by atoms with E-state index in [2.05, 4.69) is 13.8 Å². The summed E-state index contributed by atoms with van der Waals surface area (Å²) in [7, 11) is 0. The molecule has 0 spiro atoms. The maximum absolute atomic E-state index is 6.18. The fraction of sp³-hybridized carbons (Fsp3) is 1.00. The summed E-state index contributed by atoms with van der Waals surface area (Å²) < 4.78 is 6.18. The molecule has 96 valence electrons. The Morgan fingerprint density at radius 2 is 2.06 bits per heavy atom. The lowest BCUT2D eigenvalue weighted by molar-refractivity contribution is -0.115. The first kappa shape index (κ1) is 14.0. The number of unbranched alkanes of at least 4 members (excludes halogenated alkanes) is 1. The molecule has 0 aliphatic heterocycles. The quantitative estimate of drug-likeness (QED) is 0.654. The second-order valence-electron chi connectivity index (χ2n) is 5.30. The van der Waals surface area contributed by atoms with Gasteiger partial charge in [-0.2, -0.15) is 0 Å². The molecule has 0 radical (unpaired) electrons. The molecule has 2 heteroatoms. The van der Waals surface area contributed by atoms with E-state index in [1.807, 2.05) is 0 Å². The fourth-order valence-electron chi connectivity index (χ4n) is 2.49. The molecule has 2 N–H and O–H groups in total. The van der Waals surface area contributed by atoms with Gasteiger partial charge in [-0.05, 0) is 44.6 Å². The van der Waals surface area contributed by atoms with Crippen LogP contribution in [0.2, 0.25) is 0 Å². The van der Waals surface area contributed by atoms with Crippen molar-refractivity contribution >= 4 is 0 Å². The average Bonchev–Trinajstić information content (AvgIpc) is 2.25. The van der Waals surface area contributed by atoms with Crippen molar-refractivity contribution in [2.24, 2.45) is 11.7 Å². The molecule has 0 bridgehead atoms. The largest absolute Gasteiger partial charge is 0.375 e. The first-order valence-electron chi connectivity index (χ1n) is 7.10. The van der Waals surface area contributed by atoms with Gasteiger partial charge in [-0.25, -0.2) is 0 Å². The van der Waals surface area contributed by atoms with Gasteiger partial charge in [0.2, 0.25) is 0 Å². The van der Waals surface area contributed by atoms with E-state index in [0.29, 0.717) is 0 Å². The fourth-order valence-corrected chi connectivity index (χ4v) is 2.49. The van der Waals surface area contributed by atoms with E-state index in [0.717, 1.165) is 25.5 Å². The topological polar surface area (TPSA) is 35.2 Å². The Morgan fingerprint density at radius 3 is 2.50 bits per heavy atom. The van der Waals surface area contributed by atoms with E-state index >= 15 is 0 Å². The summed E-state index contributed by atoms with van der Waals surface area (Å²) in [5.74, 6) is 0.759. The van der Waals surface area contributed by atoms with Crippen LogP contribution in [0, 0.1) is 5.92 Å². The van der Waals surface area contributed by atoms with Crippen LogP contribution in [0.1, 0.15) is 65.2 Å². The summed E-state index contributed by atoms with van der Waals surface area (Å²) in [6, 6.07) is 0. The molecule has 0 aromatic carbocycles. The third-order valence-corrected chi connectivity index (χ3v) is 4.03. The van der Waals surface area contributed by atoms with Gasteiger partial charge < -0.3 is 10.5 Å². The maximum atomic E-state index is 6.18. The molecule has 1 atom stereocenters. The first-order valence-corrected chi connectivity index (χ1v) is 7.10. The SMILES string of the molecule is CCCCC(CC)COC1(CCN)CCC1. The lowest BCUT2D eigenvalue weighted by atomic mass is 9.77. The second-order valence-corrected chi connectivity index (χ2v) is 5.30. The summed E-state index contributed by atoms with van der Waals surface area (Å²) in [4.78, 5) is 0. The average molecular weight is 227 g/mol. The smallest absolute Gasteiger partial charge is 0.0694 e. The Bertz CT molecular complexity index is 178. The molecule has 0 aromatic rings. The van der Waals surface area contributed by atoms with Gasteiger partial charge in [-0.15, -0.1) is 0 Å². The van der Waals surface area contributed by atoms with E-state index < -0.39 is 0 Å². The van der Waals surface area contributed by atoms with Crippen LogP contribution < -0.4 is 5.73 Å². The summed E-state index contributed by atoms with van der Waals surface area (Å²) >= 11 is 0. The molecule has 16 heavy (non-hydrogen) atoms. The minimum atomic E-state index is 0.175. The Labute approximate surface area is 101 Å². The van der Waals surface area contributed by atoms with Gasteiger partial charge in [-0.1, -0.05) is 33.1 Å². The predicted molar refractivity (Wildman–Crippen MR) is 69.5 cm³/mol. The van der Waals surface area contributed by atoms with Gasteiger partial charge in [0.15, 0.2) is 0 Å². The Morgan fingerprint density at radius 1 is 1.31 bits per heavy atom. The van der Waals surface area contributed by atoms with Crippen molar-refractivity contribution in [2.45, 2.75) is 70.8 Å². The summed E-state index contributed by atoms with van der Waals surface area (Å²) in [6.45, 7) is 6.26. The van der Waals surface area contributed by atoms with Crippen LogP contribution in [0.15, 0.2) is 0 Å². The van der Waals surface area contributed by atoms with Crippen molar-refractivity contribution in [1.29, 1.82) is 0 Å². The highest BCUT2D eigenvalue weighted by Crippen LogP contribution is 2.38. The van der Waals surface area contributed by atoms with Gasteiger partial charge in [0.05, 0.1) is 12.2 Å². The molecule has 1 aliphatic rings. The van der Waals surface area contributed by atoms with Crippen molar-refractivity contribution in [3.63, 3.8) is 0 Å². The van der Waals surface area contributed by atoms with Gasteiger partial charge in [0, 0.05) is 0 Å². The highest BCUT2D eigenvalue weighted by atomic mass is 16.5. The highest BCUT2D eigenvalue weighted by molar-refractivity contribution is 4.90. The molecule has 1 rings (SSSR count). The lowest BCUT2D eigenvalue weighted by Gasteiger charge is -2.42. The molecule has 1 saturated carbocycles. The van der Waals surface area contributed by atoms with E-state index in [1.54, 1.807) is 0 Å². The molecule has 0 saturated heterocycles. The molecule has 2 nitrogen and oxygen atoms in total. The van der Waals surface area contributed by atoms with E-state index in [-0.39, 0.29) is 5.60 Å². The molecule has 1 fully saturated rings. The normalized spacial score (nSPS) is 20.4. The molecule has 0 heterocycles. The van der Waals surface area contributed by atoms with Crippen molar-refractivity contribution in [2.75, 3.05) is 13.2 Å². The third kappa shape index (κ3) is 4.06. The van der Waals surface area contributed by atoms with Crippen LogP contribution in [-0.4, -0.2) is 18.8 Å². The van der Waals surface area contributed by atoms with Gasteiger partial charge in [0.1, 0.15) is 0 Å². The summed E-state index contributed by atoms with van der Waals surface area (Å²) in [6.07, 6.45) is 10.0. The summed E-state index contributed by atoms with van der Waals surface area (Å²) in [5.41, 5.74) is 5.84. The minimum absolute atomic E-state index is 0.175. The zero-order chi connectivity index (χ0) is 11.9. The number of ether oxygens (including phenoxy) is 1. The predicted octanol–water partition coefficient (Wildman–Crippen LogP) is 3.49. The molecule has 0 aromatic heterocycles. The zero-order valence-electron chi connectivity index (χ0n) is 11.1. The minimum Gasteiger partial charge on any atom is -0.375 e. The van der Waals surface area contributed by atoms with Crippen molar-refractivity contribution in [1.82, 2.24) is 0 Å². The highest BCUT2D eigenvalue weighted by Gasteiger charge is 2.37. The van der Waals surface area contributed by atoms with Crippen molar-refractivity contribution in [3.05, 3.63) is 0 Å². The van der Waals surface area contributed by atoms with Crippen LogP contribution in [0.5, 0.6) is 0 Å². The number of nitrogens with two attached hydrogens (primary N) is 1. The molecular weight excluding hydrogens is 198 g/mol. The molecule has 1 unspecified atom stereocenters. The Hall–Kier alpha value is -0.0800. The van der Waals surface area contributed by atoms with Crippen molar-refractivity contribution in [3.8, 4) is 0 Å². The monoisotopic (exact) mass is 227 g/mol. The van der Waals surface area contributed by atoms with Crippen molar-refractivity contribution < 1.29 is 4.74 Å². The van der Waals surface area contributed by atoms with E-state index in [9.17, 15) is 0 Å². The number of rotatable bonds is 9. The van der Waals surface area contributed by atoms with Crippen LogP contribution in [-0.2, 0) is 4.74 Å². The van der Waals surface area contributed by atoms with Gasteiger partial charge in [0.25, 0.3) is 0 Å². The maximum Gasteiger partial charge on any atom is 0.0694 e. The van der Waals surface area contributed by atoms with Crippen LogP contribution >= 0.6 is 0 Å². The molecule has 1 aliphatic carbocycles. The number of hydrogen-bond donors (Lipinski definition) is 1. The standard InChI is InChI=1S/C14H29NO/c1-3-5-7-13(4-2)12-16-14(10-11-15)8-6-9-14/h13H,3-12,15H2,1-2H3. The molecule has 0 amide bonds. The summed E-state index contributed by atoms with van der Waals surface area (Å²) in [5, 5.41) is 0. The Kier molecular flexibility index (Phi) is 6.37. The Balaban J connectivity index is 2.24. The van der Waals surface area contributed by atoms with Gasteiger partial charge >= 0.3 is 0 Å². The second kappa shape index (κ2) is 7.29. The van der Waals surface area contributed by atoms with Crippen LogP contribution in [0.3, 0.4) is 0 Å². The lowest BCUT2D eigenvalue weighted by Crippen LogP contribution is -2.43. The number of hydrogen-bond acceptors (Lipinski definition) is 2. The molecular formula is C14H29NO. The van der Waals surface area contributed by atoms with Crippen LogP contribution in [0.25, 0.3) is 0 Å². The van der Waals surface area contributed by atoms with Crippen LogP contribution in [0.4, 0.5) is 0 Å². The first-order chi connectivity index (χ1) is 7.76. The zero-order valence-corrected chi connectivity index (χ0v) is 11.1. The van der Waals surface area contributed by atoms with E-state index in [1.165, 1.54) is 44.9 Å². The third-order valence-electron chi connectivity index (χ3n) is 4.03. The van der Waals surface area contributed by atoms with Gasteiger partial charge in [-0.3, -0.25) is 0 Å².